The lowest BCUT2D eigenvalue weighted by Gasteiger charge is -2.12. The van der Waals surface area contributed by atoms with Crippen molar-refractivity contribution in [2.24, 2.45) is 0 Å². The Morgan fingerprint density at radius 2 is 1.85 bits per heavy atom. The summed E-state index contributed by atoms with van der Waals surface area (Å²) in [6, 6.07) is 18.0. The molecule has 4 rings (SSSR count). The molecule has 0 amide bonds. The van der Waals surface area contributed by atoms with E-state index < -0.39 is 0 Å². The summed E-state index contributed by atoms with van der Waals surface area (Å²) in [6.07, 6.45) is 1.72. The summed E-state index contributed by atoms with van der Waals surface area (Å²) in [6.45, 7) is 0. The van der Waals surface area contributed by atoms with Crippen LogP contribution in [0.4, 0.5) is 11.6 Å². The van der Waals surface area contributed by atoms with Gasteiger partial charge in [-0.25, -0.2) is 15.0 Å². The molecule has 0 spiro atoms. The van der Waals surface area contributed by atoms with Gasteiger partial charge >= 0.3 is 0 Å². The smallest absolute Gasteiger partial charge is 0.227 e. The monoisotopic (exact) mass is 360 g/mol. The Hall–Kier alpha value is -3.25. The largest absolute Gasteiger partial charge is 0.496 e. The Bertz CT molecular complexity index is 1000. The molecule has 0 fully saturated rings. The van der Waals surface area contributed by atoms with Crippen molar-refractivity contribution < 1.29 is 4.74 Å². The second kappa shape index (κ2) is 7.33. The van der Waals surface area contributed by atoms with Crippen molar-refractivity contribution in [1.29, 1.82) is 0 Å². The van der Waals surface area contributed by atoms with Crippen molar-refractivity contribution in [2.45, 2.75) is 0 Å². The molecule has 2 heterocycles. The van der Waals surface area contributed by atoms with Crippen LogP contribution < -0.4 is 10.1 Å². The van der Waals surface area contributed by atoms with Crippen LogP contribution in [0.1, 0.15) is 0 Å². The minimum absolute atomic E-state index is 0.519. The standard InChI is InChI=1S/C20H16N4OS/c1-25-19-11-15(7-8-16(19)14-5-3-2-4-6-14)23-20-21-10-9-17(24-20)18-12-26-13-22-18/h2-13H,1H3,(H,21,23,24). The van der Waals surface area contributed by atoms with Crippen molar-refractivity contribution in [2.75, 3.05) is 12.4 Å². The molecule has 1 N–H and O–H groups in total. The van der Waals surface area contributed by atoms with E-state index in [4.69, 9.17) is 4.74 Å². The van der Waals surface area contributed by atoms with E-state index in [0.717, 1.165) is 34.0 Å². The summed E-state index contributed by atoms with van der Waals surface area (Å²) in [5.74, 6) is 1.31. The van der Waals surface area contributed by atoms with Crippen molar-refractivity contribution in [3.8, 4) is 28.3 Å². The third-order valence-electron chi connectivity index (χ3n) is 3.89. The van der Waals surface area contributed by atoms with Crippen LogP contribution in [-0.4, -0.2) is 22.1 Å². The minimum Gasteiger partial charge on any atom is -0.496 e. The fraction of sp³-hybridized carbons (Fsp3) is 0.0500. The van der Waals surface area contributed by atoms with Gasteiger partial charge in [0.25, 0.3) is 0 Å². The predicted octanol–water partition coefficient (Wildman–Crippen LogP) is 5.02. The van der Waals surface area contributed by atoms with Gasteiger partial charge in [-0.05, 0) is 23.8 Å². The fourth-order valence-electron chi connectivity index (χ4n) is 2.65. The molecule has 128 valence electrons. The van der Waals surface area contributed by atoms with Crippen molar-refractivity contribution >= 4 is 23.0 Å². The second-order valence-electron chi connectivity index (χ2n) is 5.55. The molecule has 0 saturated carbocycles. The first-order valence-electron chi connectivity index (χ1n) is 8.05. The average molecular weight is 360 g/mol. The number of hydrogen-bond donors (Lipinski definition) is 1. The SMILES string of the molecule is COc1cc(Nc2nccc(-c3cscn3)n2)ccc1-c1ccccc1. The molecule has 0 aliphatic heterocycles. The van der Waals surface area contributed by atoms with E-state index in [2.05, 4.69) is 32.4 Å². The highest BCUT2D eigenvalue weighted by atomic mass is 32.1. The number of benzene rings is 2. The van der Waals surface area contributed by atoms with Gasteiger partial charge in [-0.2, -0.15) is 0 Å². The van der Waals surface area contributed by atoms with Crippen LogP contribution in [0.3, 0.4) is 0 Å². The van der Waals surface area contributed by atoms with Crippen molar-refractivity contribution in [1.82, 2.24) is 15.0 Å². The van der Waals surface area contributed by atoms with E-state index in [1.165, 1.54) is 0 Å². The third kappa shape index (κ3) is 3.41. The number of methoxy groups -OCH3 is 1. The van der Waals surface area contributed by atoms with Gasteiger partial charge < -0.3 is 10.1 Å². The maximum Gasteiger partial charge on any atom is 0.227 e. The van der Waals surface area contributed by atoms with Gasteiger partial charge in [0.15, 0.2) is 0 Å². The van der Waals surface area contributed by atoms with Gasteiger partial charge in [-0.15, -0.1) is 11.3 Å². The molecule has 0 atom stereocenters. The molecule has 0 saturated heterocycles. The van der Waals surface area contributed by atoms with E-state index in [9.17, 15) is 0 Å². The van der Waals surface area contributed by atoms with Crippen molar-refractivity contribution in [3.63, 3.8) is 0 Å². The van der Waals surface area contributed by atoms with Crippen LogP contribution in [0.2, 0.25) is 0 Å². The van der Waals surface area contributed by atoms with Crippen LogP contribution >= 0.6 is 11.3 Å². The topological polar surface area (TPSA) is 59.9 Å². The summed E-state index contributed by atoms with van der Waals surface area (Å²) in [7, 11) is 1.67. The Morgan fingerprint density at radius 3 is 2.62 bits per heavy atom. The third-order valence-corrected chi connectivity index (χ3v) is 4.48. The summed E-state index contributed by atoms with van der Waals surface area (Å²) in [5.41, 5.74) is 6.43. The number of aromatic nitrogens is 3. The van der Waals surface area contributed by atoms with Gasteiger partial charge in [0.1, 0.15) is 5.75 Å². The molecular weight excluding hydrogens is 344 g/mol. The zero-order valence-electron chi connectivity index (χ0n) is 14.1. The van der Waals surface area contributed by atoms with E-state index in [1.807, 2.05) is 47.8 Å². The Morgan fingerprint density at radius 1 is 0.962 bits per heavy atom. The van der Waals surface area contributed by atoms with Gasteiger partial charge in [-0.1, -0.05) is 30.3 Å². The maximum atomic E-state index is 5.57. The number of hydrogen-bond acceptors (Lipinski definition) is 6. The highest BCUT2D eigenvalue weighted by Gasteiger charge is 2.09. The van der Waals surface area contributed by atoms with E-state index in [0.29, 0.717) is 5.95 Å². The molecule has 2 aromatic heterocycles. The lowest BCUT2D eigenvalue weighted by molar-refractivity contribution is 0.416. The van der Waals surface area contributed by atoms with E-state index in [1.54, 1.807) is 30.2 Å². The number of thiazole rings is 1. The molecule has 0 aliphatic rings. The van der Waals surface area contributed by atoms with Gasteiger partial charge in [-0.3, -0.25) is 0 Å². The summed E-state index contributed by atoms with van der Waals surface area (Å²) in [5, 5.41) is 5.20. The second-order valence-corrected chi connectivity index (χ2v) is 6.26. The Balaban J connectivity index is 1.62. The first-order valence-corrected chi connectivity index (χ1v) is 9.00. The summed E-state index contributed by atoms with van der Waals surface area (Å²) in [4.78, 5) is 13.1. The minimum atomic E-state index is 0.519. The molecule has 26 heavy (non-hydrogen) atoms. The van der Waals surface area contributed by atoms with Crippen LogP contribution in [-0.2, 0) is 0 Å². The van der Waals surface area contributed by atoms with Crippen LogP contribution in [0, 0.1) is 0 Å². The molecule has 0 radical (unpaired) electrons. The van der Waals surface area contributed by atoms with Crippen LogP contribution in [0.5, 0.6) is 5.75 Å². The Kier molecular flexibility index (Phi) is 4.57. The van der Waals surface area contributed by atoms with E-state index >= 15 is 0 Å². The normalized spacial score (nSPS) is 10.5. The lowest BCUT2D eigenvalue weighted by atomic mass is 10.0. The summed E-state index contributed by atoms with van der Waals surface area (Å²) >= 11 is 1.54. The zero-order chi connectivity index (χ0) is 17.8. The summed E-state index contributed by atoms with van der Waals surface area (Å²) < 4.78 is 5.57. The molecular formula is C20H16N4OS. The number of nitrogens with zero attached hydrogens (tertiary/aromatic N) is 3. The average Bonchev–Trinajstić information content (AvgIpc) is 3.24. The van der Waals surface area contributed by atoms with Gasteiger partial charge in [0.2, 0.25) is 5.95 Å². The van der Waals surface area contributed by atoms with Crippen molar-refractivity contribution in [3.05, 3.63) is 71.7 Å². The Labute approximate surface area is 155 Å². The van der Waals surface area contributed by atoms with Gasteiger partial charge in [0, 0.05) is 28.9 Å². The highest BCUT2D eigenvalue weighted by Crippen LogP contribution is 2.33. The molecule has 0 aliphatic carbocycles. The number of rotatable bonds is 5. The molecule has 6 heteroatoms. The molecule has 4 aromatic rings. The zero-order valence-corrected chi connectivity index (χ0v) is 14.9. The quantitative estimate of drug-likeness (QED) is 0.541. The number of ether oxygens (including phenoxy) is 1. The fourth-order valence-corrected chi connectivity index (χ4v) is 3.20. The highest BCUT2D eigenvalue weighted by molar-refractivity contribution is 7.07. The first-order chi connectivity index (χ1) is 12.8. The number of nitrogens with one attached hydrogen (secondary N) is 1. The van der Waals surface area contributed by atoms with Gasteiger partial charge in [0.05, 0.1) is 24.0 Å². The molecule has 0 unspecified atom stereocenters. The first kappa shape index (κ1) is 16.2. The maximum absolute atomic E-state index is 5.57. The molecule has 2 aromatic carbocycles. The number of anilines is 2. The lowest BCUT2D eigenvalue weighted by Crippen LogP contribution is -1.99. The predicted molar refractivity (Wildman–Crippen MR) is 105 cm³/mol. The van der Waals surface area contributed by atoms with Crippen LogP contribution in [0.15, 0.2) is 71.7 Å². The van der Waals surface area contributed by atoms with E-state index in [-0.39, 0.29) is 0 Å². The molecule has 0 bridgehead atoms. The molecule has 5 nitrogen and oxygen atoms in total. The van der Waals surface area contributed by atoms with Crippen LogP contribution in [0.25, 0.3) is 22.5 Å².